The summed E-state index contributed by atoms with van der Waals surface area (Å²) in [6.45, 7) is 6.76. The van der Waals surface area contributed by atoms with Gasteiger partial charge in [0.2, 0.25) is 5.88 Å². The highest BCUT2D eigenvalue weighted by Gasteiger charge is 2.25. The Bertz CT molecular complexity index is 1260. The molecule has 0 radical (unpaired) electrons. The van der Waals surface area contributed by atoms with E-state index in [9.17, 15) is 13.9 Å². The number of hydrogen-bond acceptors (Lipinski definition) is 4. The molecule has 35 heavy (non-hydrogen) atoms. The number of aliphatic hydroxyl groups excluding tert-OH is 1. The first kappa shape index (κ1) is 24.6. The van der Waals surface area contributed by atoms with Gasteiger partial charge in [-0.05, 0) is 62.7 Å². The van der Waals surface area contributed by atoms with E-state index < -0.39 is 11.9 Å². The first-order valence-corrected chi connectivity index (χ1v) is 11.6. The summed E-state index contributed by atoms with van der Waals surface area (Å²) < 4.78 is 35.7. The fraction of sp³-hybridized carbons (Fsp3) is 0.250. The van der Waals surface area contributed by atoms with Crippen molar-refractivity contribution in [3.05, 3.63) is 107 Å². The second kappa shape index (κ2) is 10.8. The predicted molar refractivity (Wildman–Crippen MR) is 132 cm³/mol. The van der Waals surface area contributed by atoms with Crippen LogP contribution in [0.5, 0.6) is 11.6 Å². The van der Waals surface area contributed by atoms with E-state index in [-0.39, 0.29) is 17.6 Å². The van der Waals surface area contributed by atoms with Crippen LogP contribution in [0.2, 0.25) is 0 Å². The molecule has 1 N–H and O–H groups in total. The summed E-state index contributed by atoms with van der Waals surface area (Å²) in [5, 5.41) is 15.5. The van der Waals surface area contributed by atoms with Gasteiger partial charge in [-0.1, -0.05) is 42.5 Å². The summed E-state index contributed by atoms with van der Waals surface area (Å²) in [4.78, 5) is 2.12. The molecule has 1 heterocycles. The van der Waals surface area contributed by atoms with Crippen molar-refractivity contribution in [2.75, 3.05) is 6.54 Å². The van der Waals surface area contributed by atoms with Gasteiger partial charge in [0, 0.05) is 19.1 Å². The van der Waals surface area contributed by atoms with Gasteiger partial charge in [-0.2, -0.15) is 5.10 Å². The lowest BCUT2D eigenvalue weighted by molar-refractivity contribution is 0.0902. The van der Waals surface area contributed by atoms with E-state index in [2.05, 4.69) is 23.8 Å². The van der Waals surface area contributed by atoms with Gasteiger partial charge in [0.1, 0.15) is 5.82 Å². The van der Waals surface area contributed by atoms with Gasteiger partial charge in [0.25, 0.3) is 0 Å². The van der Waals surface area contributed by atoms with E-state index in [0.29, 0.717) is 30.4 Å². The molecule has 0 aliphatic rings. The fourth-order valence-corrected chi connectivity index (χ4v) is 3.88. The van der Waals surface area contributed by atoms with Crippen molar-refractivity contribution in [3.8, 4) is 17.3 Å². The number of hydrogen-bond donors (Lipinski definition) is 1. The molecular formula is C28H29F2N3O2. The van der Waals surface area contributed by atoms with E-state index in [4.69, 9.17) is 4.74 Å². The van der Waals surface area contributed by atoms with Crippen LogP contribution < -0.4 is 4.74 Å². The summed E-state index contributed by atoms with van der Waals surface area (Å²) in [7, 11) is 0. The third kappa shape index (κ3) is 5.75. The highest BCUT2D eigenvalue weighted by atomic mass is 19.1. The van der Waals surface area contributed by atoms with Crippen molar-refractivity contribution in [3.63, 3.8) is 0 Å². The van der Waals surface area contributed by atoms with Crippen LogP contribution in [0.3, 0.4) is 0 Å². The maximum Gasteiger partial charge on any atom is 0.227 e. The van der Waals surface area contributed by atoms with Crippen LogP contribution in [0.15, 0.2) is 78.9 Å². The zero-order valence-corrected chi connectivity index (χ0v) is 20.0. The molecule has 0 saturated heterocycles. The lowest BCUT2D eigenvalue weighted by atomic mass is 10.1. The van der Waals surface area contributed by atoms with Crippen LogP contribution in [0.1, 0.15) is 36.8 Å². The Labute approximate surface area is 204 Å². The minimum absolute atomic E-state index is 0.0671. The van der Waals surface area contributed by atoms with Crippen molar-refractivity contribution in [1.29, 1.82) is 0 Å². The molecule has 1 aromatic heterocycles. The summed E-state index contributed by atoms with van der Waals surface area (Å²) in [6.07, 6.45) is -0.679. The molecule has 1 unspecified atom stereocenters. The quantitative estimate of drug-likeness (QED) is 0.312. The minimum atomic E-state index is -0.679. The van der Waals surface area contributed by atoms with Gasteiger partial charge in [0.05, 0.1) is 23.0 Å². The molecule has 182 valence electrons. The third-order valence-corrected chi connectivity index (χ3v) is 5.94. The maximum absolute atomic E-state index is 14.5. The van der Waals surface area contributed by atoms with Gasteiger partial charge in [0.15, 0.2) is 11.6 Å². The van der Waals surface area contributed by atoms with E-state index in [0.717, 1.165) is 11.1 Å². The number of benzene rings is 3. The zero-order valence-electron chi connectivity index (χ0n) is 20.0. The molecule has 0 bridgehead atoms. The highest BCUT2D eigenvalue weighted by molar-refractivity contribution is 5.43. The number of rotatable bonds is 9. The Morgan fingerprint density at radius 1 is 0.943 bits per heavy atom. The number of aryl methyl sites for hydroxylation is 1. The number of para-hydroxylation sites is 1. The van der Waals surface area contributed by atoms with E-state index in [1.165, 1.54) is 18.2 Å². The van der Waals surface area contributed by atoms with E-state index in [1.54, 1.807) is 35.0 Å². The molecule has 0 aliphatic carbocycles. The largest absolute Gasteiger partial charge is 0.435 e. The lowest BCUT2D eigenvalue weighted by Gasteiger charge is -2.29. The van der Waals surface area contributed by atoms with Crippen molar-refractivity contribution >= 4 is 0 Å². The smallest absolute Gasteiger partial charge is 0.227 e. The summed E-state index contributed by atoms with van der Waals surface area (Å²) >= 11 is 0. The van der Waals surface area contributed by atoms with Crippen LogP contribution in [0.25, 0.3) is 5.69 Å². The molecule has 0 fully saturated rings. The number of nitrogens with zero attached hydrogens (tertiary/aromatic N) is 3. The Balaban J connectivity index is 1.72. The Kier molecular flexibility index (Phi) is 7.58. The molecule has 4 aromatic rings. The van der Waals surface area contributed by atoms with Crippen molar-refractivity contribution < 1.29 is 18.6 Å². The molecule has 3 aromatic carbocycles. The average molecular weight is 478 g/mol. The van der Waals surface area contributed by atoms with Gasteiger partial charge in [-0.3, -0.25) is 4.90 Å². The number of aromatic nitrogens is 2. The van der Waals surface area contributed by atoms with Crippen LogP contribution in [-0.4, -0.2) is 32.4 Å². The maximum atomic E-state index is 14.5. The Morgan fingerprint density at radius 3 is 2.26 bits per heavy atom. The molecule has 0 spiro atoms. The van der Waals surface area contributed by atoms with Crippen LogP contribution in [0, 0.1) is 18.6 Å². The third-order valence-electron chi connectivity index (χ3n) is 5.94. The second-order valence-electron chi connectivity index (χ2n) is 8.74. The molecule has 7 heteroatoms. The number of halogens is 2. The van der Waals surface area contributed by atoms with Crippen molar-refractivity contribution in [2.45, 2.75) is 39.5 Å². The first-order chi connectivity index (χ1) is 16.8. The molecule has 1 atom stereocenters. The van der Waals surface area contributed by atoms with Crippen LogP contribution >= 0.6 is 0 Å². The summed E-state index contributed by atoms with van der Waals surface area (Å²) in [6, 6.07) is 21.7. The SMILES string of the molecule is Cc1nn(-c2ccc(F)cc2)c(Oc2ccccc2F)c1CN(CC(O)c1ccccc1)C(C)C. The Hall–Kier alpha value is -3.55. The highest BCUT2D eigenvalue weighted by Crippen LogP contribution is 2.33. The molecule has 0 aliphatic heterocycles. The summed E-state index contributed by atoms with van der Waals surface area (Å²) in [5.74, 6) is -0.449. The lowest BCUT2D eigenvalue weighted by Crippen LogP contribution is -2.34. The van der Waals surface area contributed by atoms with E-state index >= 15 is 0 Å². The van der Waals surface area contributed by atoms with Crippen LogP contribution in [-0.2, 0) is 6.54 Å². The van der Waals surface area contributed by atoms with E-state index in [1.807, 2.05) is 37.3 Å². The molecule has 4 rings (SSSR count). The number of aliphatic hydroxyl groups is 1. The zero-order chi connectivity index (χ0) is 24.9. The standard InChI is InChI=1S/C28H29F2N3O2/c1-19(2)32(18-26(34)21-9-5-4-6-10-21)17-24-20(3)31-33(23-15-13-22(29)14-16-23)28(24)35-27-12-8-7-11-25(27)30/h4-16,19,26,34H,17-18H2,1-3H3. The van der Waals surface area contributed by atoms with Gasteiger partial charge >= 0.3 is 0 Å². The normalized spacial score (nSPS) is 12.3. The molecular weight excluding hydrogens is 448 g/mol. The molecule has 5 nitrogen and oxygen atoms in total. The minimum Gasteiger partial charge on any atom is -0.435 e. The second-order valence-corrected chi connectivity index (χ2v) is 8.74. The predicted octanol–water partition coefficient (Wildman–Crippen LogP) is 6.20. The first-order valence-electron chi connectivity index (χ1n) is 11.6. The fourth-order valence-electron chi connectivity index (χ4n) is 3.88. The average Bonchev–Trinajstić information content (AvgIpc) is 3.15. The number of ether oxygens (including phenoxy) is 1. The monoisotopic (exact) mass is 477 g/mol. The molecule has 0 saturated carbocycles. The summed E-state index contributed by atoms with van der Waals surface area (Å²) in [5.41, 5.74) is 2.87. The van der Waals surface area contributed by atoms with Crippen LogP contribution in [0.4, 0.5) is 8.78 Å². The van der Waals surface area contributed by atoms with Crippen molar-refractivity contribution in [2.24, 2.45) is 0 Å². The van der Waals surface area contributed by atoms with Gasteiger partial charge < -0.3 is 9.84 Å². The van der Waals surface area contributed by atoms with Gasteiger partial charge in [-0.15, -0.1) is 0 Å². The Morgan fingerprint density at radius 2 is 1.60 bits per heavy atom. The topological polar surface area (TPSA) is 50.5 Å². The van der Waals surface area contributed by atoms with Gasteiger partial charge in [-0.25, -0.2) is 13.5 Å². The molecule has 0 amide bonds. The van der Waals surface area contributed by atoms with Crippen molar-refractivity contribution in [1.82, 2.24) is 14.7 Å².